The molecule has 0 aliphatic carbocycles. The van der Waals surface area contributed by atoms with Gasteiger partial charge in [-0.05, 0) is 24.3 Å². The molecule has 2 heterocycles. The number of benzene rings is 3. The number of fused-ring (bicyclic) bond motifs is 2. The van der Waals surface area contributed by atoms with Crippen molar-refractivity contribution in [3.05, 3.63) is 85.5 Å². The fraction of sp³-hybridized carbons (Fsp3) is 0. The summed E-state index contributed by atoms with van der Waals surface area (Å²) in [7, 11) is 0. The summed E-state index contributed by atoms with van der Waals surface area (Å²) in [6.07, 6.45) is 3.68. The van der Waals surface area contributed by atoms with Crippen LogP contribution in [0.15, 0.2) is 79.4 Å². The van der Waals surface area contributed by atoms with Crippen LogP contribution in [0.5, 0.6) is 0 Å². The van der Waals surface area contributed by atoms with Crippen LogP contribution in [-0.4, -0.2) is 19.1 Å². The minimum Gasteiger partial charge on any atom is -0.323 e. The molecule has 0 bridgehead atoms. The summed E-state index contributed by atoms with van der Waals surface area (Å²) in [6.45, 7) is 0. The summed E-state index contributed by atoms with van der Waals surface area (Å²) in [5.74, 6) is 0. The molecule has 0 saturated carbocycles. The Morgan fingerprint density at radius 1 is 0.600 bits per heavy atom. The smallest absolute Gasteiger partial charge is 0.323 e. The Kier molecular flexibility index (Phi) is 3.93. The number of aromatic nitrogens is 4. The third kappa shape index (κ3) is 2.56. The molecule has 0 N–H and O–H groups in total. The summed E-state index contributed by atoms with van der Waals surface area (Å²) >= 11 is 0. The largest absolute Gasteiger partial charge is 1.00 e. The Morgan fingerprint density at radius 2 is 1.08 bits per heavy atom. The van der Waals surface area contributed by atoms with E-state index in [2.05, 4.69) is 37.3 Å². The molecule has 0 atom stereocenters. The Balaban J connectivity index is 0.00000157. The Bertz CT molecular complexity index is 1080. The van der Waals surface area contributed by atoms with Gasteiger partial charge in [0.05, 0.1) is 34.7 Å². The molecular formula is C20H13LiN4. The fourth-order valence-corrected chi connectivity index (χ4v) is 3.03. The molecule has 0 aliphatic rings. The van der Waals surface area contributed by atoms with Crippen molar-refractivity contribution in [2.24, 2.45) is 0 Å². The van der Waals surface area contributed by atoms with Gasteiger partial charge < -0.3 is 9.13 Å². The summed E-state index contributed by atoms with van der Waals surface area (Å²) < 4.78 is 4.11. The van der Waals surface area contributed by atoms with Crippen LogP contribution in [0.3, 0.4) is 0 Å². The zero-order valence-corrected chi connectivity index (χ0v) is 13.8. The SMILES string of the molecule is [Li+].[c-]1c(-n2cnc3ccccc32)cccc1-n1cnc2ccccc21. The molecule has 0 spiro atoms. The van der Waals surface area contributed by atoms with Gasteiger partial charge in [0.1, 0.15) is 0 Å². The summed E-state index contributed by atoms with van der Waals surface area (Å²) in [6, 6.07) is 25.8. The molecule has 5 rings (SSSR count). The van der Waals surface area contributed by atoms with Crippen molar-refractivity contribution in [3.8, 4) is 11.4 Å². The molecule has 5 aromatic rings. The molecule has 3 aromatic carbocycles. The first-order valence-corrected chi connectivity index (χ1v) is 7.77. The van der Waals surface area contributed by atoms with Gasteiger partial charge in [0, 0.05) is 0 Å². The van der Waals surface area contributed by atoms with Gasteiger partial charge in [-0.1, -0.05) is 35.6 Å². The zero-order valence-electron chi connectivity index (χ0n) is 13.8. The number of hydrogen-bond donors (Lipinski definition) is 0. The number of para-hydroxylation sites is 4. The van der Waals surface area contributed by atoms with Crippen molar-refractivity contribution in [2.75, 3.05) is 0 Å². The molecule has 0 fully saturated rings. The summed E-state index contributed by atoms with van der Waals surface area (Å²) in [5, 5.41) is 0. The Hall–Kier alpha value is -2.80. The van der Waals surface area contributed by atoms with Gasteiger partial charge in [-0.3, -0.25) is 0 Å². The maximum absolute atomic E-state index is 4.46. The van der Waals surface area contributed by atoms with Gasteiger partial charge >= 0.3 is 18.9 Å². The van der Waals surface area contributed by atoms with Crippen LogP contribution in [0.25, 0.3) is 33.4 Å². The van der Waals surface area contributed by atoms with Gasteiger partial charge in [0.15, 0.2) is 0 Å². The van der Waals surface area contributed by atoms with Crippen molar-refractivity contribution < 1.29 is 18.9 Å². The molecule has 0 radical (unpaired) electrons. The molecular weight excluding hydrogens is 303 g/mol. The molecule has 0 aliphatic heterocycles. The topological polar surface area (TPSA) is 35.6 Å². The van der Waals surface area contributed by atoms with E-state index >= 15 is 0 Å². The van der Waals surface area contributed by atoms with Crippen LogP contribution >= 0.6 is 0 Å². The van der Waals surface area contributed by atoms with Gasteiger partial charge in [-0.2, -0.15) is 6.07 Å². The van der Waals surface area contributed by atoms with E-state index in [0.717, 1.165) is 33.4 Å². The van der Waals surface area contributed by atoms with Crippen LogP contribution in [0, 0.1) is 6.07 Å². The molecule has 5 heteroatoms. The van der Waals surface area contributed by atoms with E-state index in [4.69, 9.17) is 0 Å². The minimum absolute atomic E-state index is 0. The van der Waals surface area contributed by atoms with E-state index in [9.17, 15) is 0 Å². The molecule has 2 aromatic heterocycles. The molecule has 25 heavy (non-hydrogen) atoms. The first-order valence-electron chi connectivity index (χ1n) is 7.77. The molecule has 4 nitrogen and oxygen atoms in total. The van der Waals surface area contributed by atoms with Crippen molar-refractivity contribution in [3.63, 3.8) is 0 Å². The minimum atomic E-state index is 0. The van der Waals surface area contributed by atoms with Crippen molar-refractivity contribution in [2.45, 2.75) is 0 Å². The van der Waals surface area contributed by atoms with Crippen LogP contribution in [0.4, 0.5) is 0 Å². The van der Waals surface area contributed by atoms with Crippen molar-refractivity contribution in [1.29, 1.82) is 0 Å². The van der Waals surface area contributed by atoms with E-state index in [0.29, 0.717) is 0 Å². The van der Waals surface area contributed by atoms with Crippen LogP contribution in [0.2, 0.25) is 0 Å². The average Bonchev–Trinajstić information content (AvgIpc) is 3.26. The predicted molar refractivity (Wildman–Crippen MR) is 94.5 cm³/mol. The number of imidazole rings is 2. The maximum atomic E-state index is 4.46. The number of rotatable bonds is 2. The van der Waals surface area contributed by atoms with Gasteiger partial charge in [-0.15, -0.1) is 18.2 Å². The Labute approximate surface area is 156 Å². The zero-order chi connectivity index (χ0) is 15.9. The molecule has 0 unspecified atom stereocenters. The van der Waals surface area contributed by atoms with Gasteiger partial charge in [0.25, 0.3) is 0 Å². The van der Waals surface area contributed by atoms with Gasteiger partial charge in [0.2, 0.25) is 0 Å². The summed E-state index contributed by atoms with van der Waals surface area (Å²) in [5.41, 5.74) is 6.01. The fourth-order valence-electron chi connectivity index (χ4n) is 3.03. The van der Waals surface area contributed by atoms with E-state index in [1.807, 2.05) is 67.3 Å². The standard InChI is InChI=1S/C20H13N4.Li/c1-3-10-19-17(8-1)21-13-23(19)15-6-5-7-16(12-15)24-14-22-18-9-2-4-11-20(18)24;/h1-11,13-14H;/q-1;+1. The first-order chi connectivity index (χ1) is 11.9. The van der Waals surface area contributed by atoms with Crippen molar-refractivity contribution in [1.82, 2.24) is 19.1 Å². The second-order valence-corrected chi connectivity index (χ2v) is 5.63. The van der Waals surface area contributed by atoms with Crippen LogP contribution in [0.1, 0.15) is 0 Å². The predicted octanol–water partition coefficient (Wildman–Crippen LogP) is 1.17. The van der Waals surface area contributed by atoms with Gasteiger partial charge in [-0.25, -0.2) is 9.97 Å². The van der Waals surface area contributed by atoms with Crippen LogP contribution < -0.4 is 18.9 Å². The molecule has 0 saturated heterocycles. The van der Waals surface area contributed by atoms with Crippen molar-refractivity contribution >= 4 is 22.1 Å². The van der Waals surface area contributed by atoms with E-state index in [-0.39, 0.29) is 18.9 Å². The third-order valence-electron chi connectivity index (χ3n) is 4.19. The first kappa shape index (κ1) is 15.7. The van der Waals surface area contributed by atoms with E-state index in [1.54, 1.807) is 0 Å². The third-order valence-corrected chi connectivity index (χ3v) is 4.19. The normalized spacial score (nSPS) is 10.9. The second-order valence-electron chi connectivity index (χ2n) is 5.63. The number of hydrogen-bond acceptors (Lipinski definition) is 2. The average molecular weight is 316 g/mol. The number of nitrogens with zero attached hydrogens (tertiary/aromatic N) is 4. The van der Waals surface area contributed by atoms with Crippen LogP contribution in [-0.2, 0) is 0 Å². The van der Waals surface area contributed by atoms with E-state index in [1.165, 1.54) is 0 Å². The quantitative estimate of drug-likeness (QED) is 0.362. The molecule has 0 amide bonds. The monoisotopic (exact) mass is 316 g/mol. The second kappa shape index (κ2) is 6.25. The molecule has 114 valence electrons. The summed E-state index contributed by atoms with van der Waals surface area (Å²) in [4.78, 5) is 8.92. The Morgan fingerprint density at radius 3 is 1.60 bits per heavy atom. The van der Waals surface area contributed by atoms with E-state index < -0.39 is 0 Å². The maximum Gasteiger partial charge on any atom is 1.00 e.